The van der Waals surface area contributed by atoms with Gasteiger partial charge in [0, 0.05) is 13.5 Å². The molecule has 1 aliphatic rings. The molecule has 7 heteroatoms. The molecule has 1 fully saturated rings. The molecule has 24 heavy (non-hydrogen) atoms. The molecule has 126 valence electrons. The molecule has 1 aromatic carbocycles. The summed E-state index contributed by atoms with van der Waals surface area (Å²) in [6.45, 7) is 1.99. The summed E-state index contributed by atoms with van der Waals surface area (Å²) < 4.78 is 18.7. The molecular formula is C17H18FN3O3. The van der Waals surface area contributed by atoms with Crippen LogP contribution in [0.5, 0.6) is 0 Å². The molecule has 0 aliphatic carbocycles. The molecule has 6 nitrogen and oxygen atoms in total. The van der Waals surface area contributed by atoms with Gasteiger partial charge in [-0.25, -0.2) is 9.37 Å². The summed E-state index contributed by atoms with van der Waals surface area (Å²) in [5.74, 6) is -0.800. The van der Waals surface area contributed by atoms with Gasteiger partial charge in [0.15, 0.2) is 6.39 Å². The predicted octanol–water partition coefficient (Wildman–Crippen LogP) is 1.96. The fourth-order valence-corrected chi connectivity index (χ4v) is 3.05. The molecule has 0 unspecified atom stereocenters. The van der Waals surface area contributed by atoms with Gasteiger partial charge in [0.05, 0.1) is 24.2 Å². The molecule has 3 rings (SSSR count). The van der Waals surface area contributed by atoms with Crippen LogP contribution in [0, 0.1) is 18.7 Å². The Balaban J connectivity index is 1.78. The van der Waals surface area contributed by atoms with E-state index in [-0.39, 0.29) is 24.8 Å². The van der Waals surface area contributed by atoms with E-state index in [9.17, 15) is 14.0 Å². The number of rotatable bonds is 4. The molecular weight excluding hydrogens is 313 g/mol. The van der Waals surface area contributed by atoms with Crippen molar-refractivity contribution in [1.82, 2.24) is 15.2 Å². The van der Waals surface area contributed by atoms with Crippen molar-refractivity contribution in [2.24, 2.45) is 5.92 Å². The number of nitrogens with one attached hydrogen (secondary N) is 1. The Morgan fingerprint density at radius 3 is 2.96 bits per heavy atom. The zero-order valence-electron chi connectivity index (χ0n) is 13.5. The van der Waals surface area contributed by atoms with E-state index in [0.717, 1.165) is 0 Å². The molecule has 1 saturated heterocycles. The lowest BCUT2D eigenvalue weighted by molar-refractivity contribution is -0.128. The van der Waals surface area contributed by atoms with Crippen LogP contribution in [0.15, 0.2) is 35.1 Å². The van der Waals surface area contributed by atoms with E-state index in [1.165, 1.54) is 23.4 Å². The summed E-state index contributed by atoms with van der Waals surface area (Å²) in [4.78, 5) is 30.1. The van der Waals surface area contributed by atoms with E-state index in [1.54, 1.807) is 26.1 Å². The smallest absolute Gasteiger partial charge is 0.226 e. The maximum Gasteiger partial charge on any atom is 0.226 e. The van der Waals surface area contributed by atoms with Crippen LogP contribution >= 0.6 is 0 Å². The normalized spacial score (nSPS) is 20.5. The molecule has 1 N–H and O–H groups in total. The van der Waals surface area contributed by atoms with Crippen molar-refractivity contribution in [3.8, 4) is 0 Å². The summed E-state index contributed by atoms with van der Waals surface area (Å²) in [6.07, 6.45) is 1.41. The van der Waals surface area contributed by atoms with Crippen molar-refractivity contribution < 1.29 is 18.4 Å². The number of aromatic nitrogens is 1. The zero-order valence-corrected chi connectivity index (χ0v) is 13.5. The van der Waals surface area contributed by atoms with E-state index in [1.807, 2.05) is 0 Å². The van der Waals surface area contributed by atoms with E-state index >= 15 is 0 Å². The summed E-state index contributed by atoms with van der Waals surface area (Å²) in [5, 5.41) is 2.78. The third kappa shape index (κ3) is 3.02. The largest absolute Gasteiger partial charge is 0.446 e. The summed E-state index contributed by atoms with van der Waals surface area (Å²) >= 11 is 0. The number of aryl methyl sites for hydroxylation is 1. The Labute approximate surface area is 138 Å². The minimum Gasteiger partial charge on any atom is -0.446 e. The second-order valence-corrected chi connectivity index (χ2v) is 5.89. The number of likely N-dealkylation sites (tertiary alicyclic amines) is 1. The number of nitrogens with zero attached hydrogens (tertiary/aromatic N) is 2. The van der Waals surface area contributed by atoms with Crippen molar-refractivity contribution in [3.05, 3.63) is 53.5 Å². The van der Waals surface area contributed by atoms with Crippen molar-refractivity contribution in [2.45, 2.75) is 25.9 Å². The summed E-state index contributed by atoms with van der Waals surface area (Å²) in [5.41, 5.74) is 1.32. The minimum absolute atomic E-state index is 0.0961. The Morgan fingerprint density at radius 1 is 1.50 bits per heavy atom. The first-order valence-electron chi connectivity index (χ1n) is 7.65. The van der Waals surface area contributed by atoms with Crippen LogP contribution < -0.4 is 5.32 Å². The number of amides is 2. The molecule has 0 radical (unpaired) electrons. The standard InChI is InChI=1S/C17H18FN3O3/c1-10-14(24-9-20-10)8-19-17(23)13-7-15(22)21(2)16(13)11-4-3-5-12(18)6-11/h3-6,9,13,16H,7-8H2,1-2H3,(H,19,23)/t13-,16+/m0/s1. The molecule has 0 bridgehead atoms. The monoisotopic (exact) mass is 331 g/mol. The lowest BCUT2D eigenvalue weighted by Gasteiger charge is -2.24. The first-order valence-corrected chi connectivity index (χ1v) is 7.65. The molecule has 2 amide bonds. The van der Waals surface area contributed by atoms with Gasteiger partial charge < -0.3 is 14.6 Å². The summed E-state index contributed by atoms with van der Waals surface area (Å²) in [7, 11) is 1.63. The fourth-order valence-electron chi connectivity index (χ4n) is 3.05. The van der Waals surface area contributed by atoms with Crippen LogP contribution in [-0.4, -0.2) is 28.7 Å². The maximum atomic E-state index is 13.5. The van der Waals surface area contributed by atoms with Crippen molar-refractivity contribution in [1.29, 1.82) is 0 Å². The van der Waals surface area contributed by atoms with Crippen LogP contribution in [0.4, 0.5) is 4.39 Å². The number of hydrogen-bond acceptors (Lipinski definition) is 4. The Morgan fingerprint density at radius 2 is 2.29 bits per heavy atom. The highest BCUT2D eigenvalue weighted by molar-refractivity contribution is 5.90. The fraction of sp³-hybridized carbons (Fsp3) is 0.353. The molecule has 2 heterocycles. The zero-order chi connectivity index (χ0) is 17.3. The number of carbonyl (C=O) groups excluding carboxylic acids is 2. The van der Waals surface area contributed by atoms with Gasteiger partial charge in [0.2, 0.25) is 11.8 Å². The van der Waals surface area contributed by atoms with Crippen LogP contribution in [0.3, 0.4) is 0 Å². The second-order valence-electron chi connectivity index (χ2n) is 5.89. The van der Waals surface area contributed by atoms with Crippen molar-refractivity contribution in [3.63, 3.8) is 0 Å². The molecule has 2 atom stereocenters. The molecule has 1 aromatic heterocycles. The van der Waals surface area contributed by atoms with E-state index in [0.29, 0.717) is 17.0 Å². The van der Waals surface area contributed by atoms with E-state index < -0.39 is 17.8 Å². The number of carbonyl (C=O) groups is 2. The lowest BCUT2D eigenvalue weighted by Crippen LogP contribution is -2.34. The SMILES string of the molecule is Cc1ncoc1CNC(=O)[C@H]1CC(=O)N(C)[C@@H]1c1cccc(F)c1. The average molecular weight is 331 g/mol. The summed E-state index contributed by atoms with van der Waals surface area (Å²) in [6, 6.07) is 5.52. The first-order chi connectivity index (χ1) is 11.5. The molecule has 0 spiro atoms. The second kappa shape index (κ2) is 6.43. The van der Waals surface area contributed by atoms with Crippen molar-refractivity contribution in [2.75, 3.05) is 7.05 Å². The van der Waals surface area contributed by atoms with Gasteiger partial charge in [-0.1, -0.05) is 12.1 Å². The van der Waals surface area contributed by atoms with Crippen LogP contribution in [0.1, 0.15) is 29.5 Å². The highest BCUT2D eigenvalue weighted by atomic mass is 19.1. The van der Waals surface area contributed by atoms with Crippen LogP contribution in [0.25, 0.3) is 0 Å². The first kappa shape index (κ1) is 16.2. The number of hydrogen-bond donors (Lipinski definition) is 1. The van der Waals surface area contributed by atoms with Crippen LogP contribution in [0.2, 0.25) is 0 Å². The van der Waals surface area contributed by atoms with Crippen molar-refractivity contribution >= 4 is 11.8 Å². The van der Waals surface area contributed by atoms with E-state index in [4.69, 9.17) is 4.42 Å². The van der Waals surface area contributed by atoms with Gasteiger partial charge in [-0.3, -0.25) is 9.59 Å². The Bertz CT molecular complexity index is 774. The molecule has 2 aromatic rings. The topological polar surface area (TPSA) is 75.4 Å². The van der Waals surface area contributed by atoms with E-state index in [2.05, 4.69) is 10.3 Å². The number of oxazole rings is 1. The lowest BCUT2D eigenvalue weighted by atomic mass is 9.93. The highest BCUT2D eigenvalue weighted by Crippen LogP contribution is 2.37. The minimum atomic E-state index is -0.576. The molecule has 1 aliphatic heterocycles. The maximum absolute atomic E-state index is 13.5. The number of halogens is 1. The van der Waals surface area contributed by atoms with Gasteiger partial charge in [0.1, 0.15) is 11.6 Å². The third-order valence-corrected chi connectivity index (χ3v) is 4.38. The van der Waals surface area contributed by atoms with Gasteiger partial charge >= 0.3 is 0 Å². The third-order valence-electron chi connectivity index (χ3n) is 4.38. The quantitative estimate of drug-likeness (QED) is 0.929. The number of benzene rings is 1. The average Bonchev–Trinajstić information content (AvgIpc) is 3.09. The van der Waals surface area contributed by atoms with Gasteiger partial charge in [-0.15, -0.1) is 0 Å². The van der Waals surface area contributed by atoms with Crippen LogP contribution in [-0.2, 0) is 16.1 Å². The molecule has 0 saturated carbocycles. The Hall–Kier alpha value is -2.70. The van der Waals surface area contributed by atoms with Gasteiger partial charge in [-0.05, 0) is 24.6 Å². The van der Waals surface area contributed by atoms with Gasteiger partial charge in [-0.2, -0.15) is 0 Å². The van der Waals surface area contributed by atoms with Gasteiger partial charge in [0.25, 0.3) is 0 Å². The highest BCUT2D eigenvalue weighted by Gasteiger charge is 2.42. The predicted molar refractivity (Wildman–Crippen MR) is 83.1 cm³/mol. The Kier molecular flexibility index (Phi) is 4.33.